The average Bonchev–Trinajstić information content (AvgIpc) is 2.70. The third kappa shape index (κ3) is 1.69. The molecule has 1 aromatic rings. The normalized spacial score (nSPS) is 29.5. The maximum Gasteiger partial charge on any atom is 0.109 e. The minimum Gasteiger partial charge on any atom is -0.383 e. The summed E-state index contributed by atoms with van der Waals surface area (Å²) in [6, 6.07) is 2.03. The quantitative estimate of drug-likeness (QED) is 0.824. The largest absolute Gasteiger partial charge is 0.383 e. The molecule has 1 aliphatic rings. The lowest BCUT2D eigenvalue weighted by atomic mass is 10.1. The first-order chi connectivity index (χ1) is 7.11. The second-order valence-electron chi connectivity index (χ2n) is 4.60. The standard InChI is InChI=1S/C12H20N2O/c1-4-6-10-8-12(10,15)11-7-9(3)13-14(11)5-2/h7,10,15H,4-6,8H2,1-3H3. The molecule has 3 heteroatoms. The SMILES string of the molecule is CCCC1CC1(O)c1cc(C)nn1CC. The zero-order valence-corrected chi connectivity index (χ0v) is 9.82. The van der Waals surface area contributed by atoms with Gasteiger partial charge in [-0.3, -0.25) is 4.68 Å². The molecule has 84 valence electrons. The van der Waals surface area contributed by atoms with Gasteiger partial charge in [-0.2, -0.15) is 5.10 Å². The molecular weight excluding hydrogens is 188 g/mol. The summed E-state index contributed by atoms with van der Waals surface area (Å²) >= 11 is 0. The van der Waals surface area contributed by atoms with Crippen LogP contribution < -0.4 is 0 Å². The second kappa shape index (κ2) is 3.63. The van der Waals surface area contributed by atoms with Crippen molar-refractivity contribution in [2.24, 2.45) is 5.92 Å². The van der Waals surface area contributed by atoms with E-state index in [4.69, 9.17) is 0 Å². The summed E-state index contributed by atoms with van der Waals surface area (Å²) in [6.07, 6.45) is 3.17. The van der Waals surface area contributed by atoms with E-state index in [9.17, 15) is 5.11 Å². The molecule has 1 N–H and O–H groups in total. The molecule has 15 heavy (non-hydrogen) atoms. The van der Waals surface area contributed by atoms with Crippen molar-refractivity contribution in [1.29, 1.82) is 0 Å². The molecule has 0 aromatic carbocycles. The highest BCUT2D eigenvalue weighted by atomic mass is 16.3. The average molecular weight is 208 g/mol. The lowest BCUT2D eigenvalue weighted by Gasteiger charge is -2.12. The first-order valence-corrected chi connectivity index (χ1v) is 5.89. The number of aromatic nitrogens is 2. The van der Waals surface area contributed by atoms with Gasteiger partial charge in [-0.25, -0.2) is 0 Å². The Hall–Kier alpha value is -0.830. The van der Waals surface area contributed by atoms with Gasteiger partial charge in [-0.15, -0.1) is 0 Å². The number of hydrogen-bond donors (Lipinski definition) is 1. The Kier molecular flexibility index (Phi) is 2.59. The van der Waals surface area contributed by atoms with Crippen molar-refractivity contribution in [2.75, 3.05) is 0 Å². The molecule has 1 aliphatic carbocycles. The summed E-state index contributed by atoms with van der Waals surface area (Å²) in [7, 11) is 0. The molecule has 0 radical (unpaired) electrons. The van der Waals surface area contributed by atoms with E-state index in [-0.39, 0.29) is 0 Å². The minimum atomic E-state index is -0.576. The van der Waals surface area contributed by atoms with Crippen molar-refractivity contribution >= 4 is 0 Å². The van der Waals surface area contributed by atoms with Gasteiger partial charge in [0.05, 0.1) is 11.4 Å². The maximum absolute atomic E-state index is 10.5. The minimum absolute atomic E-state index is 0.448. The predicted molar refractivity (Wildman–Crippen MR) is 59.5 cm³/mol. The van der Waals surface area contributed by atoms with Crippen molar-refractivity contribution in [1.82, 2.24) is 9.78 Å². The Labute approximate surface area is 91.1 Å². The summed E-state index contributed by atoms with van der Waals surface area (Å²) in [5, 5.41) is 14.8. The lowest BCUT2D eigenvalue weighted by Crippen LogP contribution is -2.15. The van der Waals surface area contributed by atoms with E-state index in [1.165, 1.54) is 0 Å². The van der Waals surface area contributed by atoms with E-state index >= 15 is 0 Å². The zero-order valence-electron chi connectivity index (χ0n) is 9.82. The Morgan fingerprint density at radius 3 is 2.93 bits per heavy atom. The van der Waals surface area contributed by atoms with Crippen LogP contribution in [0, 0.1) is 12.8 Å². The summed E-state index contributed by atoms with van der Waals surface area (Å²) in [6.45, 7) is 7.05. The summed E-state index contributed by atoms with van der Waals surface area (Å²) in [4.78, 5) is 0. The highest BCUT2D eigenvalue weighted by molar-refractivity contribution is 5.25. The van der Waals surface area contributed by atoms with Crippen LogP contribution in [0.3, 0.4) is 0 Å². The van der Waals surface area contributed by atoms with Crippen LogP contribution in [0.5, 0.6) is 0 Å². The fraction of sp³-hybridized carbons (Fsp3) is 0.750. The molecule has 1 saturated carbocycles. The van der Waals surface area contributed by atoms with Gasteiger partial charge in [0.1, 0.15) is 5.60 Å². The van der Waals surface area contributed by atoms with Crippen LogP contribution in [0.1, 0.15) is 44.5 Å². The van der Waals surface area contributed by atoms with E-state index in [0.717, 1.165) is 37.2 Å². The van der Waals surface area contributed by atoms with Crippen molar-refractivity contribution in [2.45, 2.75) is 52.2 Å². The fourth-order valence-corrected chi connectivity index (χ4v) is 2.45. The number of nitrogens with zero attached hydrogens (tertiary/aromatic N) is 2. The van der Waals surface area contributed by atoms with Gasteiger partial charge in [0.25, 0.3) is 0 Å². The van der Waals surface area contributed by atoms with Crippen molar-refractivity contribution in [3.8, 4) is 0 Å². The van der Waals surface area contributed by atoms with Gasteiger partial charge in [0.2, 0.25) is 0 Å². The van der Waals surface area contributed by atoms with Crippen molar-refractivity contribution in [3.63, 3.8) is 0 Å². The van der Waals surface area contributed by atoms with Crippen molar-refractivity contribution in [3.05, 3.63) is 17.5 Å². The summed E-state index contributed by atoms with van der Waals surface area (Å²) in [5.74, 6) is 0.448. The molecule has 0 spiro atoms. The van der Waals surface area contributed by atoms with Crippen LogP contribution in [0.25, 0.3) is 0 Å². The monoisotopic (exact) mass is 208 g/mol. The first kappa shape index (κ1) is 10.7. The van der Waals surface area contributed by atoms with Gasteiger partial charge in [-0.05, 0) is 38.7 Å². The van der Waals surface area contributed by atoms with Crippen LogP contribution in [-0.2, 0) is 12.1 Å². The fourth-order valence-electron chi connectivity index (χ4n) is 2.45. The highest BCUT2D eigenvalue weighted by Gasteiger charge is 2.55. The number of aryl methyl sites for hydroxylation is 2. The van der Waals surface area contributed by atoms with Crippen LogP contribution in [0.4, 0.5) is 0 Å². The molecule has 0 aliphatic heterocycles. The second-order valence-corrected chi connectivity index (χ2v) is 4.60. The number of rotatable bonds is 4. The molecule has 0 amide bonds. The van der Waals surface area contributed by atoms with Crippen LogP contribution in [0.2, 0.25) is 0 Å². The third-order valence-electron chi connectivity index (χ3n) is 3.36. The topological polar surface area (TPSA) is 38.1 Å². The third-order valence-corrected chi connectivity index (χ3v) is 3.36. The molecule has 2 atom stereocenters. The van der Waals surface area contributed by atoms with Gasteiger partial charge < -0.3 is 5.11 Å². The molecule has 2 unspecified atom stereocenters. The van der Waals surface area contributed by atoms with E-state index < -0.39 is 5.60 Å². The van der Waals surface area contributed by atoms with Gasteiger partial charge >= 0.3 is 0 Å². The lowest BCUT2D eigenvalue weighted by molar-refractivity contribution is 0.118. The Morgan fingerprint density at radius 1 is 1.60 bits per heavy atom. The Morgan fingerprint density at radius 2 is 2.33 bits per heavy atom. The summed E-state index contributed by atoms with van der Waals surface area (Å²) < 4.78 is 1.94. The Bertz CT molecular complexity index is 359. The Balaban J connectivity index is 2.23. The molecular formula is C12H20N2O. The van der Waals surface area contributed by atoms with Crippen LogP contribution in [-0.4, -0.2) is 14.9 Å². The van der Waals surface area contributed by atoms with E-state index in [0.29, 0.717) is 5.92 Å². The first-order valence-electron chi connectivity index (χ1n) is 5.89. The molecule has 1 aromatic heterocycles. The number of hydrogen-bond acceptors (Lipinski definition) is 2. The molecule has 2 rings (SSSR count). The summed E-state index contributed by atoms with van der Waals surface area (Å²) in [5.41, 5.74) is 1.44. The van der Waals surface area contributed by atoms with Gasteiger partial charge in [0, 0.05) is 6.54 Å². The van der Waals surface area contributed by atoms with Crippen LogP contribution >= 0.6 is 0 Å². The maximum atomic E-state index is 10.5. The molecule has 1 fully saturated rings. The van der Waals surface area contributed by atoms with Gasteiger partial charge in [0.15, 0.2) is 0 Å². The number of aliphatic hydroxyl groups is 1. The highest BCUT2D eigenvalue weighted by Crippen LogP contribution is 2.54. The molecule has 0 bridgehead atoms. The molecule has 0 saturated heterocycles. The molecule has 1 heterocycles. The van der Waals surface area contributed by atoms with Gasteiger partial charge in [-0.1, -0.05) is 13.3 Å². The smallest absolute Gasteiger partial charge is 0.109 e. The predicted octanol–water partition coefficient (Wildman–Crippen LogP) is 2.22. The van der Waals surface area contributed by atoms with Crippen molar-refractivity contribution < 1.29 is 5.11 Å². The molecule has 3 nitrogen and oxygen atoms in total. The van der Waals surface area contributed by atoms with E-state index in [1.54, 1.807) is 0 Å². The zero-order chi connectivity index (χ0) is 11.1. The van der Waals surface area contributed by atoms with Crippen LogP contribution in [0.15, 0.2) is 6.07 Å². The van der Waals surface area contributed by atoms with E-state index in [2.05, 4.69) is 18.9 Å². The van der Waals surface area contributed by atoms with E-state index in [1.807, 2.05) is 17.7 Å².